The molecule has 1 aliphatic rings. The van der Waals surface area contributed by atoms with Crippen molar-refractivity contribution < 1.29 is 14.2 Å². The first-order valence-electron chi connectivity index (χ1n) is 8.49. The van der Waals surface area contributed by atoms with E-state index < -0.39 is 0 Å². The van der Waals surface area contributed by atoms with E-state index in [0.717, 1.165) is 28.1 Å². The second-order valence-corrected chi connectivity index (χ2v) is 6.01. The van der Waals surface area contributed by atoms with Crippen molar-refractivity contribution in [2.45, 2.75) is 0 Å². The molecule has 1 aromatic heterocycles. The number of anilines is 2. The Balaban J connectivity index is 0.00000192. The number of ether oxygens (including phenoxy) is 3. The third-order valence-corrected chi connectivity index (χ3v) is 4.23. The Morgan fingerprint density at radius 2 is 1.54 bits per heavy atom. The molecule has 7 heteroatoms. The first kappa shape index (κ1) is 17.9. The van der Waals surface area contributed by atoms with Gasteiger partial charge >= 0.3 is 0 Å². The smallest absolute Gasteiger partial charge is 0.231 e. The predicted molar refractivity (Wildman–Crippen MR) is 109 cm³/mol. The fourth-order valence-electron chi connectivity index (χ4n) is 2.91. The zero-order chi connectivity index (χ0) is 18.1. The molecule has 0 aliphatic carbocycles. The Morgan fingerprint density at radius 3 is 2.32 bits per heavy atom. The molecule has 0 bridgehead atoms. The topological polar surface area (TPSA) is 65.5 Å². The molecule has 0 fully saturated rings. The summed E-state index contributed by atoms with van der Waals surface area (Å²) < 4.78 is 16.7. The van der Waals surface area contributed by atoms with Crippen molar-refractivity contribution in [3.63, 3.8) is 0 Å². The molecular formula is C21H16ClN3O3. The normalized spacial score (nSPS) is 11.7. The Bertz CT molecular complexity index is 1110. The van der Waals surface area contributed by atoms with E-state index in [9.17, 15) is 0 Å². The van der Waals surface area contributed by atoms with E-state index in [0.29, 0.717) is 17.3 Å². The molecule has 6 nitrogen and oxygen atoms in total. The Kier molecular flexibility index (Phi) is 4.87. The van der Waals surface area contributed by atoms with Crippen LogP contribution in [-0.2, 0) is 0 Å². The van der Waals surface area contributed by atoms with Crippen molar-refractivity contribution in [2.75, 3.05) is 12.1 Å². The number of rotatable bonds is 4. The van der Waals surface area contributed by atoms with Crippen LogP contribution < -0.4 is 19.5 Å². The van der Waals surface area contributed by atoms with Crippen molar-refractivity contribution in [3.8, 4) is 23.0 Å². The van der Waals surface area contributed by atoms with Gasteiger partial charge in [-0.1, -0.05) is 18.2 Å². The number of hydrogen-bond donors (Lipinski definition) is 1. The third kappa shape index (κ3) is 3.50. The van der Waals surface area contributed by atoms with E-state index in [1.54, 1.807) is 0 Å². The summed E-state index contributed by atoms with van der Waals surface area (Å²) in [5.74, 6) is 3.68. The van der Waals surface area contributed by atoms with Gasteiger partial charge in [0, 0.05) is 17.1 Å². The van der Waals surface area contributed by atoms with E-state index in [-0.39, 0.29) is 19.2 Å². The maximum atomic E-state index is 5.82. The average Bonchev–Trinajstić information content (AvgIpc) is 3.16. The van der Waals surface area contributed by atoms with E-state index >= 15 is 0 Å². The molecule has 28 heavy (non-hydrogen) atoms. The number of nitrogens with one attached hydrogen (secondary N) is 1. The standard InChI is InChI=1S/C21H15N3O3.ClH/c1-2-4-15(5-3-1)27-16-8-6-14(7-9-16)24-21-17-10-19-20(26-13-25-19)11-18(17)22-12-23-21;/h1-12H,13H2,(H,22,23,24);1H. The highest BCUT2D eigenvalue weighted by molar-refractivity contribution is 5.93. The molecule has 140 valence electrons. The quantitative estimate of drug-likeness (QED) is 0.506. The molecule has 1 N–H and O–H groups in total. The third-order valence-electron chi connectivity index (χ3n) is 4.23. The van der Waals surface area contributed by atoms with Crippen LogP contribution >= 0.6 is 12.4 Å². The molecule has 0 atom stereocenters. The van der Waals surface area contributed by atoms with Crippen molar-refractivity contribution >= 4 is 34.8 Å². The van der Waals surface area contributed by atoms with Gasteiger partial charge in [0.15, 0.2) is 11.5 Å². The molecular weight excluding hydrogens is 378 g/mol. The number of aromatic nitrogens is 2. The highest BCUT2D eigenvalue weighted by Gasteiger charge is 2.16. The molecule has 0 saturated carbocycles. The molecule has 0 amide bonds. The lowest BCUT2D eigenvalue weighted by atomic mass is 10.2. The van der Waals surface area contributed by atoms with E-state index in [2.05, 4.69) is 15.3 Å². The van der Waals surface area contributed by atoms with Crippen molar-refractivity contribution in [3.05, 3.63) is 73.1 Å². The number of hydrogen-bond acceptors (Lipinski definition) is 6. The summed E-state index contributed by atoms with van der Waals surface area (Å²) in [5, 5.41) is 4.19. The van der Waals surface area contributed by atoms with E-state index in [4.69, 9.17) is 14.2 Å². The molecule has 0 spiro atoms. The molecule has 1 aliphatic heterocycles. The molecule has 0 radical (unpaired) electrons. The van der Waals surface area contributed by atoms with Crippen molar-refractivity contribution in [2.24, 2.45) is 0 Å². The first-order chi connectivity index (χ1) is 13.3. The molecule has 2 heterocycles. The van der Waals surface area contributed by atoms with Crippen LogP contribution in [0.1, 0.15) is 0 Å². The van der Waals surface area contributed by atoms with Gasteiger partial charge < -0.3 is 19.5 Å². The summed E-state index contributed by atoms with van der Waals surface area (Å²) >= 11 is 0. The molecule has 4 aromatic rings. The largest absolute Gasteiger partial charge is 0.457 e. The van der Waals surface area contributed by atoms with E-state index in [1.807, 2.05) is 66.7 Å². The zero-order valence-corrected chi connectivity index (χ0v) is 15.5. The van der Waals surface area contributed by atoms with Gasteiger partial charge in [-0.25, -0.2) is 9.97 Å². The van der Waals surface area contributed by atoms with Gasteiger partial charge in [-0.3, -0.25) is 0 Å². The summed E-state index contributed by atoms with van der Waals surface area (Å²) in [7, 11) is 0. The minimum absolute atomic E-state index is 0. The van der Waals surface area contributed by atoms with Gasteiger partial charge in [-0.15, -0.1) is 12.4 Å². The highest BCUT2D eigenvalue weighted by atomic mass is 35.5. The molecule has 0 unspecified atom stereocenters. The molecule has 0 saturated heterocycles. The fourth-order valence-corrected chi connectivity index (χ4v) is 2.91. The van der Waals surface area contributed by atoms with Crippen LogP contribution in [0.5, 0.6) is 23.0 Å². The number of para-hydroxylation sites is 1. The second kappa shape index (κ2) is 7.62. The maximum absolute atomic E-state index is 5.82. The minimum Gasteiger partial charge on any atom is -0.457 e. The summed E-state index contributed by atoms with van der Waals surface area (Å²) in [4.78, 5) is 8.68. The van der Waals surface area contributed by atoms with Crippen LogP contribution in [0, 0.1) is 0 Å². The monoisotopic (exact) mass is 393 g/mol. The van der Waals surface area contributed by atoms with Gasteiger partial charge in [0.2, 0.25) is 6.79 Å². The van der Waals surface area contributed by atoms with Crippen LogP contribution in [0.3, 0.4) is 0 Å². The molecule has 3 aromatic carbocycles. The second-order valence-electron chi connectivity index (χ2n) is 6.01. The summed E-state index contributed by atoms with van der Waals surface area (Å²) in [6, 6.07) is 21.1. The lowest BCUT2D eigenvalue weighted by Crippen LogP contribution is -1.96. The van der Waals surface area contributed by atoms with E-state index in [1.165, 1.54) is 6.33 Å². The molecule has 5 rings (SSSR count). The van der Waals surface area contributed by atoms with Gasteiger partial charge in [-0.2, -0.15) is 0 Å². The van der Waals surface area contributed by atoms with Gasteiger partial charge in [0.25, 0.3) is 0 Å². The Morgan fingerprint density at radius 1 is 0.821 bits per heavy atom. The maximum Gasteiger partial charge on any atom is 0.231 e. The van der Waals surface area contributed by atoms with Crippen LogP contribution in [0.2, 0.25) is 0 Å². The highest BCUT2D eigenvalue weighted by Crippen LogP contribution is 2.37. The lowest BCUT2D eigenvalue weighted by Gasteiger charge is -2.10. The first-order valence-corrected chi connectivity index (χ1v) is 8.49. The fraction of sp³-hybridized carbons (Fsp3) is 0.0476. The van der Waals surface area contributed by atoms with Gasteiger partial charge in [0.05, 0.1) is 5.52 Å². The van der Waals surface area contributed by atoms with Crippen LogP contribution in [0.15, 0.2) is 73.1 Å². The van der Waals surface area contributed by atoms with Gasteiger partial charge in [-0.05, 0) is 42.5 Å². The van der Waals surface area contributed by atoms with Gasteiger partial charge in [0.1, 0.15) is 23.6 Å². The number of nitrogens with zero attached hydrogens (tertiary/aromatic N) is 2. The predicted octanol–water partition coefficient (Wildman–Crippen LogP) is 5.32. The summed E-state index contributed by atoms with van der Waals surface area (Å²) in [6.45, 7) is 0.227. The zero-order valence-electron chi connectivity index (χ0n) is 14.7. The summed E-state index contributed by atoms with van der Waals surface area (Å²) in [6.07, 6.45) is 1.53. The van der Waals surface area contributed by atoms with Crippen LogP contribution in [0.25, 0.3) is 10.9 Å². The summed E-state index contributed by atoms with van der Waals surface area (Å²) in [5.41, 5.74) is 1.69. The lowest BCUT2D eigenvalue weighted by molar-refractivity contribution is 0.174. The number of fused-ring (bicyclic) bond motifs is 2. The van der Waals surface area contributed by atoms with Crippen LogP contribution in [0.4, 0.5) is 11.5 Å². The SMILES string of the molecule is Cl.c1ccc(Oc2ccc(Nc3ncnc4cc5c(cc34)OCO5)cc2)cc1. The van der Waals surface area contributed by atoms with Crippen molar-refractivity contribution in [1.29, 1.82) is 0 Å². The number of benzene rings is 3. The minimum atomic E-state index is 0. The Hall–Kier alpha value is -3.51. The Labute approximate surface area is 167 Å². The number of halogens is 1. The average molecular weight is 394 g/mol. The van der Waals surface area contributed by atoms with Crippen molar-refractivity contribution in [1.82, 2.24) is 9.97 Å². The van der Waals surface area contributed by atoms with Crippen LogP contribution in [-0.4, -0.2) is 16.8 Å².